The van der Waals surface area contributed by atoms with Gasteiger partial charge in [0.1, 0.15) is 19.3 Å². The minimum atomic E-state index is -4.97. The van der Waals surface area contributed by atoms with Gasteiger partial charge in [0.05, 0.1) is 26.4 Å². The number of carbonyl (C=O) groups excluding carboxylic acids is 4. The number of phosphoric ester groups is 2. The maximum absolute atomic E-state index is 13.0. The number of ether oxygens (including phenoxy) is 4. The highest BCUT2D eigenvalue weighted by molar-refractivity contribution is 7.47. The van der Waals surface area contributed by atoms with Crippen LogP contribution >= 0.6 is 15.6 Å². The molecule has 0 aromatic heterocycles. The summed E-state index contributed by atoms with van der Waals surface area (Å²) >= 11 is 0. The van der Waals surface area contributed by atoms with E-state index in [1.165, 1.54) is 83.5 Å². The summed E-state index contributed by atoms with van der Waals surface area (Å²) in [7, 11) is -9.93. The average Bonchev–Trinajstić information content (AvgIpc) is 2.93. The number of aliphatic hydroxyl groups is 1. The Bertz CT molecular complexity index is 2040. The van der Waals surface area contributed by atoms with Crippen molar-refractivity contribution in [3.05, 3.63) is 72.9 Å². The summed E-state index contributed by atoms with van der Waals surface area (Å²) in [5.74, 6) is -2.19. The Morgan fingerprint density at radius 3 is 0.870 bits per heavy atom. The number of hydrogen-bond acceptors (Lipinski definition) is 15. The third kappa shape index (κ3) is 65.2. The van der Waals surface area contributed by atoms with E-state index >= 15 is 0 Å². The van der Waals surface area contributed by atoms with Crippen LogP contribution in [-0.4, -0.2) is 96.7 Å². The maximum Gasteiger partial charge on any atom is 0.472 e. The lowest BCUT2D eigenvalue weighted by Crippen LogP contribution is -2.30. The molecule has 0 spiro atoms. The summed E-state index contributed by atoms with van der Waals surface area (Å²) in [5, 5.41) is 10.6. The van der Waals surface area contributed by atoms with Gasteiger partial charge in [-0.05, 0) is 89.9 Å². The van der Waals surface area contributed by atoms with E-state index in [0.29, 0.717) is 25.7 Å². The third-order valence-electron chi connectivity index (χ3n) is 15.2. The number of allylic oxidation sites excluding steroid dienone is 12. The van der Waals surface area contributed by atoms with E-state index in [2.05, 4.69) is 101 Å². The molecule has 0 rings (SSSR count). The van der Waals surface area contributed by atoms with Crippen LogP contribution in [0.25, 0.3) is 0 Å². The smallest absolute Gasteiger partial charge is 0.462 e. The van der Waals surface area contributed by atoms with Crippen molar-refractivity contribution < 1.29 is 80.2 Å². The Kier molecular flexibility index (Phi) is 63.6. The van der Waals surface area contributed by atoms with Crippen molar-refractivity contribution >= 4 is 39.5 Å². The largest absolute Gasteiger partial charge is 0.472 e. The van der Waals surface area contributed by atoms with E-state index in [-0.39, 0.29) is 25.7 Å². The molecule has 19 heteroatoms. The maximum atomic E-state index is 13.0. The number of carbonyl (C=O) groups is 4. The monoisotopic (exact) mass is 1340 g/mol. The van der Waals surface area contributed by atoms with E-state index < -0.39 is 97.5 Å². The lowest BCUT2D eigenvalue weighted by molar-refractivity contribution is -0.161. The molecular formula is C73H130O17P2. The predicted molar refractivity (Wildman–Crippen MR) is 372 cm³/mol. The number of aliphatic hydroxyl groups excluding tert-OH is 1. The minimum absolute atomic E-state index is 0.0735. The van der Waals surface area contributed by atoms with Crippen molar-refractivity contribution in [3.8, 4) is 0 Å². The van der Waals surface area contributed by atoms with E-state index in [4.69, 9.17) is 37.0 Å². The molecule has 3 N–H and O–H groups in total. The molecule has 5 unspecified atom stereocenters. The standard InChI is InChI=1S/C73H130O17P2/c1-5-9-13-17-21-25-29-31-33-35-39-42-46-50-54-58-71(76)84-64-69(90-73(78)60-56-52-48-44-40-36-34-32-30-26-22-18-14-10-6-2)66-88-92(81,82)86-62-67(74)61-85-91(79,80)87-65-68(89-72(77)59-55-51-47-43-38-28-24-20-16-12-8-4)63-83-70(75)57-53-49-45-41-37-27-23-19-15-11-7-3/h9-10,13-14,21-22,25-26,31-34,67-69,74H,5-8,11-12,15-20,23-24,27-30,35-66H2,1-4H3,(H,79,80)(H,81,82)/b13-9-,14-10-,25-21-,26-22-,33-31-,34-32-. The quantitative estimate of drug-likeness (QED) is 0.0169. The van der Waals surface area contributed by atoms with Gasteiger partial charge in [0.15, 0.2) is 12.2 Å². The van der Waals surface area contributed by atoms with Gasteiger partial charge in [-0.1, -0.05) is 268 Å². The second kappa shape index (κ2) is 66.1. The van der Waals surface area contributed by atoms with E-state index in [1.807, 2.05) is 0 Å². The second-order valence-electron chi connectivity index (χ2n) is 24.1. The molecule has 0 aliphatic rings. The Hall–Kier alpha value is -3.50. The molecule has 0 aliphatic heterocycles. The molecule has 5 atom stereocenters. The van der Waals surface area contributed by atoms with Crippen molar-refractivity contribution in [2.45, 2.75) is 329 Å². The number of esters is 4. The van der Waals surface area contributed by atoms with Crippen molar-refractivity contribution in [2.75, 3.05) is 39.6 Å². The van der Waals surface area contributed by atoms with Gasteiger partial charge in [-0.15, -0.1) is 0 Å². The van der Waals surface area contributed by atoms with Gasteiger partial charge in [0.25, 0.3) is 0 Å². The molecule has 0 aromatic carbocycles. The molecule has 92 heavy (non-hydrogen) atoms. The molecule has 0 radical (unpaired) electrons. The lowest BCUT2D eigenvalue weighted by Gasteiger charge is -2.21. The van der Waals surface area contributed by atoms with Crippen molar-refractivity contribution in [1.29, 1.82) is 0 Å². The summed E-state index contributed by atoms with van der Waals surface area (Å²) in [5.41, 5.74) is 0. The first-order chi connectivity index (χ1) is 44.7. The van der Waals surface area contributed by atoms with Crippen LogP contribution in [0.15, 0.2) is 72.9 Å². The predicted octanol–water partition coefficient (Wildman–Crippen LogP) is 20.1. The first-order valence-corrected chi connectivity index (χ1v) is 39.2. The van der Waals surface area contributed by atoms with Crippen molar-refractivity contribution in [2.24, 2.45) is 0 Å². The minimum Gasteiger partial charge on any atom is -0.462 e. The van der Waals surface area contributed by atoms with Crippen molar-refractivity contribution in [1.82, 2.24) is 0 Å². The van der Waals surface area contributed by atoms with Crippen LogP contribution in [0.4, 0.5) is 0 Å². The second-order valence-corrected chi connectivity index (χ2v) is 27.0. The van der Waals surface area contributed by atoms with Gasteiger partial charge in [0.2, 0.25) is 0 Å². The number of phosphoric acid groups is 2. The highest BCUT2D eigenvalue weighted by atomic mass is 31.2. The summed E-state index contributed by atoms with van der Waals surface area (Å²) in [6.45, 7) is 4.61. The molecule has 0 fully saturated rings. The van der Waals surface area contributed by atoms with E-state index in [9.17, 15) is 43.2 Å². The molecule has 0 amide bonds. The highest BCUT2D eigenvalue weighted by Gasteiger charge is 2.30. The molecule has 0 saturated heterocycles. The van der Waals surface area contributed by atoms with Crippen LogP contribution in [-0.2, 0) is 65.4 Å². The zero-order valence-electron chi connectivity index (χ0n) is 58.0. The Balaban J connectivity index is 5.33. The zero-order chi connectivity index (χ0) is 67.5. The summed E-state index contributed by atoms with van der Waals surface area (Å²) in [6, 6.07) is 0. The van der Waals surface area contributed by atoms with Gasteiger partial charge < -0.3 is 33.8 Å². The Labute approximate surface area is 558 Å². The first kappa shape index (κ1) is 88.5. The third-order valence-corrected chi connectivity index (χ3v) is 17.1. The Morgan fingerprint density at radius 2 is 0.565 bits per heavy atom. The van der Waals surface area contributed by atoms with Crippen LogP contribution in [0.2, 0.25) is 0 Å². The van der Waals surface area contributed by atoms with Crippen LogP contribution in [0.3, 0.4) is 0 Å². The van der Waals surface area contributed by atoms with Crippen molar-refractivity contribution in [3.63, 3.8) is 0 Å². The van der Waals surface area contributed by atoms with Crippen LogP contribution < -0.4 is 0 Å². The highest BCUT2D eigenvalue weighted by Crippen LogP contribution is 2.45. The normalized spacial score (nSPS) is 14.5. The molecule has 17 nitrogen and oxygen atoms in total. The molecule has 0 aromatic rings. The van der Waals surface area contributed by atoms with Gasteiger partial charge in [-0.25, -0.2) is 9.13 Å². The Morgan fingerprint density at radius 1 is 0.315 bits per heavy atom. The average molecular weight is 1340 g/mol. The lowest BCUT2D eigenvalue weighted by atomic mass is 10.1. The molecular weight excluding hydrogens is 1210 g/mol. The molecule has 0 saturated carbocycles. The molecule has 0 bridgehead atoms. The summed E-state index contributed by atoms with van der Waals surface area (Å²) in [4.78, 5) is 72.6. The van der Waals surface area contributed by atoms with E-state index in [0.717, 1.165) is 148 Å². The van der Waals surface area contributed by atoms with Gasteiger partial charge >= 0.3 is 39.5 Å². The summed E-state index contributed by atoms with van der Waals surface area (Å²) < 4.78 is 68.2. The molecule has 0 aliphatic carbocycles. The fourth-order valence-corrected chi connectivity index (χ4v) is 11.3. The zero-order valence-corrected chi connectivity index (χ0v) is 59.8. The van der Waals surface area contributed by atoms with Gasteiger partial charge in [-0.3, -0.25) is 37.3 Å². The van der Waals surface area contributed by atoms with Crippen LogP contribution in [0, 0.1) is 0 Å². The SMILES string of the molecule is CC/C=C\C/C=C\C/C=C\CCCCCCCC(=O)OCC(COP(=O)(O)OCC(O)COP(=O)(O)OCC(COC(=O)CCCCCCCCCCCCC)OC(=O)CCCCCCCCCCCCC)OC(=O)CCCCCCC/C=C\C/C=C\C/C=C\CC. The van der Waals surface area contributed by atoms with Gasteiger partial charge in [0, 0.05) is 25.7 Å². The van der Waals surface area contributed by atoms with E-state index in [1.54, 1.807) is 0 Å². The fourth-order valence-electron chi connectivity index (χ4n) is 9.72. The topological polar surface area (TPSA) is 237 Å². The summed E-state index contributed by atoms with van der Waals surface area (Å²) in [6.07, 6.45) is 63.4. The molecule has 0 heterocycles. The van der Waals surface area contributed by atoms with Crippen LogP contribution in [0.5, 0.6) is 0 Å². The number of hydrogen-bond donors (Lipinski definition) is 3. The fraction of sp³-hybridized carbons (Fsp3) is 0.781. The number of unbranched alkanes of at least 4 members (excludes halogenated alkanes) is 30. The first-order valence-electron chi connectivity index (χ1n) is 36.2. The molecule has 534 valence electrons. The van der Waals surface area contributed by atoms with Crippen LogP contribution in [0.1, 0.15) is 310 Å². The number of rotatable bonds is 68. The van der Waals surface area contributed by atoms with Gasteiger partial charge in [-0.2, -0.15) is 0 Å².